The third-order valence-electron chi connectivity index (χ3n) is 10.7. The number of aryl methyl sites for hydroxylation is 3. The highest BCUT2D eigenvalue weighted by Crippen LogP contribution is 2.45. The molecule has 0 aliphatic heterocycles. The lowest BCUT2D eigenvalue weighted by molar-refractivity contribution is 0.483. The SMILES string of the molecule is Cc1ccnc(-n2c3ccccc3c3ccc(Oc4cccc(-n5nc(-c6ccccc6)c(-c6c(C)c(C)cc(C)c6C)c5-c5ccccc5)c4)cc32)c1. The van der Waals surface area contributed by atoms with Crippen molar-refractivity contribution < 1.29 is 4.74 Å². The van der Waals surface area contributed by atoms with Crippen molar-refractivity contribution in [3.05, 3.63) is 180 Å². The molecule has 3 aromatic heterocycles. The zero-order valence-corrected chi connectivity index (χ0v) is 31.1. The van der Waals surface area contributed by atoms with Crippen LogP contribution in [0.5, 0.6) is 11.5 Å². The van der Waals surface area contributed by atoms with Gasteiger partial charge in [0.2, 0.25) is 0 Å². The quantitative estimate of drug-likeness (QED) is 0.166. The molecular formula is C49H40N4O. The molecular weight excluding hydrogens is 661 g/mol. The molecule has 54 heavy (non-hydrogen) atoms. The molecule has 6 aromatic carbocycles. The van der Waals surface area contributed by atoms with Crippen LogP contribution < -0.4 is 4.74 Å². The van der Waals surface area contributed by atoms with Crippen molar-refractivity contribution in [1.29, 1.82) is 0 Å². The Morgan fingerprint density at radius 2 is 1.19 bits per heavy atom. The van der Waals surface area contributed by atoms with Crippen molar-refractivity contribution in [2.24, 2.45) is 0 Å². The number of ether oxygens (including phenoxy) is 1. The van der Waals surface area contributed by atoms with E-state index in [9.17, 15) is 0 Å². The second-order valence-electron chi connectivity index (χ2n) is 14.2. The molecule has 3 heterocycles. The minimum Gasteiger partial charge on any atom is -0.457 e. The van der Waals surface area contributed by atoms with Crippen LogP contribution in [-0.2, 0) is 0 Å². The molecule has 0 aliphatic carbocycles. The summed E-state index contributed by atoms with van der Waals surface area (Å²) in [6, 6.07) is 50.6. The van der Waals surface area contributed by atoms with E-state index in [2.05, 4.69) is 171 Å². The number of fused-ring (bicyclic) bond motifs is 3. The Labute approximate surface area is 315 Å². The molecule has 0 fully saturated rings. The van der Waals surface area contributed by atoms with Crippen LogP contribution in [0.1, 0.15) is 27.8 Å². The van der Waals surface area contributed by atoms with Crippen LogP contribution in [0.15, 0.2) is 152 Å². The summed E-state index contributed by atoms with van der Waals surface area (Å²) in [5.74, 6) is 2.35. The number of nitrogens with zero attached hydrogens (tertiary/aromatic N) is 4. The molecule has 0 N–H and O–H groups in total. The Bertz CT molecular complexity index is 2820. The highest BCUT2D eigenvalue weighted by atomic mass is 16.5. The van der Waals surface area contributed by atoms with Crippen molar-refractivity contribution >= 4 is 21.8 Å². The van der Waals surface area contributed by atoms with Gasteiger partial charge in [0.1, 0.15) is 23.0 Å². The third-order valence-corrected chi connectivity index (χ3v) is 10.7. The van der Waals surface area contributed by atoms with Gasteiger partial charge in [-0.1, -0.05) is 91.0 Å². The van der Waals surface area contributed by atoms with Gasteiger partial charge in [-0.25, -0.2) is 9.67 Å². The number of pyridine rings is 1. The highest BCUT2D eigenvalue weighted by Gasteiger charge is 2.26. The third kappa shape index (κ3) is 5.66. The van der Waals surface area contributed by atoms with Crippen LogP contribution in [0.25, 0.3) is 67.0 Å². The van der Waals surface area contributed by atoms with Gasteiger partial charge in [0, 0.05) is 45.8 Å². The number of hydrogen-bond donors (Lipinski definition) is 0. The van der Waals surface area contributed by atoms with Crippen LogP contribution in [0.3, 0.4) is 0 Å². The molecule has 0 saturated heterocycles. The van der Waals surface area contributed by atoms with Gasteiger partial charge < -0.3 is 4.74 Å². The van der Waals surface area contributed by atoms with Crippen molar-refractivity contribution in [3.8, 4) is 56.6 Å². The van der Waals surface area contributed by atoms with Crippen molar-refractivity contribution in [2.75, 3.05) is 0 Å². The van der Waals surface area contributed by atoms with Crippen molar-refractivity contribution in [1.82, 2.24) is 19.3 Å². The van der Waals surface area contributed by atoms with E-state index in [1.807, 2.05) is 24.4 Å². The Morgan fingerprint density at radius 1 is 0.519 bits per heavy atom. The van der Waals surface area contributed by atoms with Crippen molar-refractivity contribution in [3.63, 3.8) is 0 Å². The van der Waals surface area contributed by atoms with Gasteiger partial charge in [-0.2, -0.15) is 5.10 Å². The van der Waals surface area contributed by atoms with E-state index in [4.69, 9.17) is 14.8 Å². The number of aromatic nitrogens is 4. The maximum Gasteiger partial charge on any atom is 0.137 e. The molecule has 0 aliphatic rings. The maximum atomic E-state index is 6.71. The summed E-state index contributed by atoms with van der Waals surface area (Å²) in [4.78, 5) is 4.76. The lowest BCUT2D eigenvalue weighted by atomic mass is 9.86. The van der Waals surface area contributed by atoms with Crippen LogP contribution in [-0.4, -0.2) is 19.3 Å². The van der Waals surface area contributed by atoms with Crippen molar-refractivity contribution in [2.45, 2.75) is 34.6 Å². The average molecular weight is 701 g/mol. The molecule has 0 unspecified atom stereocenters. The Morgan fingerprint density at radius 3 is 1.93 bits per heavy atom. The smallest absolute Gasteiger partial charge is 0.137 e. The van der Waals surface area contributed by atoms with E-state index in [0.29, 0.717) is 0 Å². The molecule has 0 bridgehead atoms. The number of hydrogen-bond acceptors (Lipinski definition) is 3. The summed E-state index contributed by atoms with van der Waals surface area (Å²) in [6.45, 7) is 11.0. The van der Waals surface area contributed by atoms with E-state index >= 15 is 0 Å². The van der Waals surface area contributed by atoms with Gasteiger partial charge >= 0.3 is 0 Å². The predicted molar refractivity (Wildman–Crippen MR) is 222 cm³/mol. The van der Waals surface area contributed by atoms with E-state index in [-0.39, 0.29) is 0 Å². The summed E-state index contributed by atoms with van der Waals surface area (Å²) in [5, 5.41) is 7.79. The van der Waals surface area contributed by atoms with Gasteiger partial charge in [-0.3, -0.25) is 4.57 Å². The zero-order chi connectivity index (χ0) is 36.9. The Kier molecular flexibility index (Phi) is 8.20. The summed E-state index contributed by atoms with van der Waals surface area (Å²) in [7, 11) is 0. The first-order valence-electron chi connectivity index (χ1n) is 18.4. The van der Waals surface area contributed by atoms with E-state index in [0.717, 1.165) is 73.1 Å². The minimum atomic E-state index is 0.722. The molecule has 9 aromatic rings. The minimum absolute atomic E-state index is 0.722. The van der Waals surface area contributed by atoms with Crippen LogP contribution >= 0.6 is 0 Å². The lowest BCUT2D eigenvalue weighted by Gasteiger charge is -2.18. The Hall–Kier alpha value is -6.72. The van der Waals surface area contributed by atoms with Crippen LogP contribution in [0.2, 0.25) is 0 Å². The molecule has 0 amide bonds. The standard InChI is InChI=1S/C49H40N4O/c1-31-25-26-50-45(27-31)52-43-22-13-12-21-41(43)42-24-23-40(30-44(42)52)54-39-20-14-19-38(29-39)53-49(37-17-10-7-11-18-37)47(48(51-53)36-15-8-6-9-16-36)46-34(4)32(2)28-33(3)35(46)5/h6-30H,1-5H3. The normalized spacial score (nSPS) is 11.4. The first-order valence-corrected chi connectivity index (χ1v) is 18.4. The first kappa shape index (κ1) is 33.1. The van der Waals surface area contributed by atoms with Crippen LogP contribution in [0, 0.1) is 34.6 Å². The molecule has 9 rings (SSSR count). The van der Waals surface area contributed by atoms with Gasteiger partial charge in [-0.15, -0.1) is 0 Å². The largest absolute Gasteiger partial charge is 0.457 e. The average Bonchev–Trinajstić information content (AvgIpc) is 3.74. The molecule has 5 heteroatoms. The monoisotopic (exact) mass is 700 g/mol. The topological polar surface area (TPSA) is 44.9 Å². The second-order valence-corrected chi connectivity index (χ2v) is 14.2. The maximum absolute atomic E-state index is 6.71. The summed E-state index contributed by atoms with van der Waals surface area (Å²) < 4.78 is 11.0. The fraction of sp³-hybridized carbons (Fsp3) is 0.102. The number of rotatable bonds is 7. The molecule has 0 radical (unpaired) electrons. The zero-order valence-electron chi connectivity index (χ0n) is 31.1. The predicted octanol–water partition coefficient (Wildman–Crippen LogP) is 12.7. The molecule has 0 spiro atoms. The highest BCUT2D eigenvalue weighted by molar-refractivity contribution is 6.09. The van der Waals surface area contributed by atoms with Gasteiger partial charge in [-0.05, 0) is 110 Å². The van der Waals surface area contributed by atoms with Gasteiger partial charge in [0.25, 0.3) is 0 Å². The van der Waals surface area contributed by atoms with Gasteiger partial charge in [0.15, 0.2) is 0 Å². The van der Waals surface area contributed by atoms with E-state index in [1.54, 1.807) is 0 Å². The fourth-order valence-electron chi connectivity index (χ4n) is 7.81. The van der Waals surface area contributed by atoms with E-state index in [1.165, 1.54) is 33.2 Å². The first-order chi connectivity index (χ1) is 26.4. The summed E-state index contributed by atoms with van der Waals surface area (Å²) in [5.41, 5.74) is 15.8. The number of para-hydroxylation sites is 1. The lowest BCUT2D eigenvalue weighted by Crippen LogP contribution is -2.01. The summed E-state index contributed by atoms with van der Waals surface area (Å²) in [6.07, 6.45) is 1.87. The van der Waals surface area contributed by atoms with Crippen LogP contribution in [0.4, 0.5) is 0 Å². The molecule has 262 valence electrons. The molecule has 5 nitrogen and oxygen atoms in total. The van der Waals surface area contributed by atoms with E-state index < -0.39 is 0 Å². The van der Waals surface area contributed by atoms with Gasteiger partial charge in [0.05, 0.1) is 22.4 Å². The summed E-state index contributed by atoms with van der Waals surface area (Å²) >= 11 is 0. The second kappa shape index (κ2) is 13.4. The fourth-order valence-corrected chi connectivity index (χ4v) is 7.81. The molecule has 0 saturated carbocycles. The Balaban J connectivity index is 1.22. The number of benzene rings is 6. The molecule has 0 atom stereocenters.